The minimum atomic E-state index is 0.118. The van der Waals surface area contributed by atoms with Gasteiger partial charge in [0.2, 0.25) is 0 Å². The van der Waals surface area contributed by atoms with Gasteiger partial charge in [0.15, 0.2) is 0 Å². The molecule has 21 heavy (non-hydrogen) atoms. The van der Waals surface area contributed by atoms with Crippen molar-refractivity contribution in [2.24, 2.45) is 11.3 Å². The number of rotatable bonds is 4. The Labute approximate surface area is 126 Å². The predicted octanol–water partition coefficient (Wildman–Crippen LogP) is 2.79. The van der Waals surface area contributed by atoms with Gasteiger partial charge in [-0.05, 0) is 37.3 Å². The average Bonchev–Trinajstić information content (AvgIpc) is 2.88. The lowest BCUT2D eigenvalue weighted by atomic mass is 9.46. The lowest BCUT2D eigenvalue weighted by Gasteiger charge is -2.64. The Kier molecular flexibility index (Phi) is 3.32. The first-order chi connectivity index (χ1) is 10.2. The van der Waals surface area contributed by atoms with Gasteiger partial charge in [0, 0.05) is 30.0 Å². The Bertz CT molecular complexity index is 526. The summed E-state index contributed by atoms with van der Waals surface area (Å²) in [5.74, 6) is 0.716. The molecule has 0 bridgehead atoms. The Morgan fingerprint density at radius 3 is 3.00 bits per heavy atom. The van der Waals surface area contributed by atoms with E-state index in [1.54, 1.807) is 0 Å². The molecule has 1 spiro atoms. The Hall–Kier alpha value is -0.900. The zero-order chi connectivity index (χ0) is 14.4. The van der Waals surface area contributed by atoms with Gasteiger partial charge >= 0.3 is 0 Å². The van der Waals surface area contributed by atoms with Crippen molar-refractivity contribution in [3.05, 3.63) is 35.4 Å². The van der Waals surface area contributed by atoms with Crippen molar-refractivity contribution in [3.63, 3.8) is 0 Å². The van der Waals surface area contributed by atoms with Crippen LogP contribution >= 0.6 is 0 Å². The molecule has 3 nitrogen and oxygen atoms in total. The first-order valence-corrected chi connectivity index (χ1v) is 8.32. The van der Waals surface area contributed by atoms with Gasteiger partial charge in [-0.15, -0.1) is 0 Å². The van der Waals surface area contributed by atoms with Crippen molar-refractivity contribution in [1.29, 1.82) is 0 Å². The van der Waals surface area contributed by atoms with Crippen molar-refractivity contribution >= 4 is 0 Å². The fraction of sp³-hybridized carbons (Fsp3) is 0.667. The lowest BCUT2D eigenvalue weighted by molar-refractivity contribution is -0.178. The van der Waals surface area contributed by atoms with Gasteiger partial charge in [0.25, 0.3) is 0 Å². The molecule has 3 aliphatic rings. The van der Waals surface area contributed by atoms with Gasteiger partial charge in [-0.25, -0.2) is 0 Å². The molecule has 0 unspecified atom stereocenters. The van der Waals surface area contributed by atoms with Gasteiger partial charge in [0.1, 0.15) is 0 Å². The summed E-state index contributed by atoms with van der Waals surface area (Å²) in [7, 11) is 0. The zero-order valence-electron chi connectivity index (χ0n) is 12.7. The van der Waals surface area contributed by atoms with Gasteiger partial charge in [-0.3, -0.25) is 0 Å². The molecule has 1 heterocycles. The van der Waals surface area contributed by atoms with Gasteiger partial charge in [-0.1, -0.05) is 30.7 Å². The smallest absolute Gasteiger partial charge is 0.0690 e. The second-order valence-electron chi connectivity index (χ2n) is 7.10. The van der Waals surface area contributed by atoms with Crippen LogP contribution in [0.3, 0.4) is 0 Å². The topological polar surface area (TPSA) is 41.5 Å². The highest BCUT2D eigenvalue weighted by molar-refractivity contribution is 5.27. The monoisotopic (exact) mass is 287 g/mol. The second-order valence-corrected chi connectivity index (χ2v) is 7.10. The van der Waals surface area contributed by atoms with Gasteiger partial charge < -0.3 is 15.2 Å². The number of aliphatic hydroxyl groups excluding tert-OH is 1. The van der Waals surface area contributed by atoms with Crippen LogP contribution in [-0.4, -0.2) is 23.9 Å². The highest BCUT2D eigenvalue weighted by Gasteiger charge is 2.66. The van der Waals surface area contributed by atoms with Crippen molar-refractivity contribution in [3.8, 4) is 0 Å². The molecular formula is C18H25NO2. The summed E-state index contributed by atoms with van der Waals surface area (Å²) in [5, 5.41) is 13.2. The minimum absolute atomic E-state index is 0.118. The van der Waals surface area contributed by atoms with Crippen LogP contribution in [0.1, 0.15) is 49.8 Å². The summed E-state index contributed by atoms with van der Waals surface area (Å²) < 4.78 is 5.99. The molecule has 114 valence electrons. The maximum absolute atomic E-state index is 9.30. The van der Waals surface area contributed by atoms with Crippen molar-refractivity contribution in [2.45, 2.75) is 57.4 Å². The maximum Gasteiger partial charge on any atom is 0.0690 e. The van der Waals surface area contributed by atoms with Crippen LogP contribution in [0.25, 0.3) is 0 Å². The van der Waals surface area contributed by atoms with Crippen LogP contribution in [0.4, 0.5) is 0 Å². The fourth-order valence-corrected chi connectivity index (χ4v) is 4.82. The summed E-state index contributed by atoms with van der Waals surface area (Å²) in [6.07, 6.45) is 5.76. The SMILES string of the molecule is C[C@H](N[C@@H]1[C@@H]2CCO[C@@H]2C12CCC2)c1cccc(CO)c1. The number of ether oxygens (including phenoxy) is 1. The van der Waals surface area contributed by atoms with Crippen molar-refractivity contribution < 1.29 is 9.84 Å². The van der Waals surface area contributed by atoms with Crippen LogP contribution in [0, 0.1) is 11.3 Å². The van der Waals surface area contributed by atoms with Gasteiger partial charge in [-0.2, -0.15) is 0 Å². The van der Waals surface area contributed by atoms with E-state index in [1.165, 1.54) is 31.2 Å². The minimum Gasteiger partial charge on any atom is -0.392 e. The fourth-order valence-electron chi connectivity index (χ4n) is 4.82. The van der Waals surface area contributed by atoms with E-state index < -0.39 is 0 Å². The highest BCUT2D eigenvalue weighted by atomic mass is 16.5. The third kappa shape index (κ3) is 1.98. The molecule has 2 aliphatic carbocycles. The Morgan fingerprint density at radius 1 is 1.43 bits per heavy atom. The maximum atomic E-state index is 9.30. The van der Waals surface area contributed by atoms with Crippen LogP contribution in [0.5, 0.6) is 0 Å². The number of fused-ring (bicyclic) bond motifs is 2. The third-order valence-corrected chi connectivity index (χ3v) is 6.10. The molecule has 4 atom stereocenters. The van der Waals surface area contributed by atoms with E-state index >= 15 is 0 Å². The number of hydrogen-bond donors (Lipinski definition) is 2. The van der Waals surface area contributed by atoms with E-state index in [9.17, 15) is 5.11 Å². The first kappa shape index (κ1) is 13.7. The molecule has 0 radical (unpaired) electrons. The molecule has 3 fully saturated rings. The van der Waals surface area contributed by atoms with Crippen molar-refractivity contribution in [1.82, 2.24) is 5.32 Å². The first-order valence-electron chi connectivity index (χ1n) is 8.32. The molecule has 0 aromatic heterocycles. The van der Waals surface area contributed by atoms with Gasteiger partial charge in [0.05, 0.1) is 12.7 Å². The largest absolute Gasteiger partial charge is 0.392 e. The average molecular weight is 287 g/mol. The summed E-state index contributed by atoms with van der Waals surface area (Å²) in [6.45, 7) is 3.31. The second kappa shape index (κ2) is 5.08. The molecule has 1 saturated heterocycles. The molecule has 2 N–H and O–H groups in total. The van der Waals surface area contributed by atoms with E-state index in [-0.39, 0.29) is 6.61 Å². The molecule has 2 saturated carbocycles. The molecule has 4 rings (SSSR count). The normalized spacial score (nSPS) is 34.1. The Balaban J connectivity index is 1.50. The van der Waals surface area contributed by atoms with Crippen LogP contribution < -0.4 is 5.32 Å². The van der Waals surface area contributed by atoms with Crippen LogP contribution in [0.15, 0.2) is 24.3 Å². The molecule has 1 aliphatic heterocycles. The molecular weight excluding hydrogens is 262 g/mol. The number of benzene rings is 1. The van der Waals surface area contributed by atoms with E-state index in [2.05, 4.69) is 24.4 Å². The number of nitrogens with one attached hydrogen (secondary N) is 1. The number of hydrogen-bond acceptors (Lipinski definition) is 3. The molecule has 0 amide bonds. The van der Waals surface area contributed by atoms with Crippen LogP contribution in [-0.2, 0) is 11.3 Å². The molecule has 1 aromatic rings. The Morgan fingerprint density at radius 2 is 2.29 bits per heavy atom. The standard InChI is InChI=1S/C18H25NO2/c1-12(14-5-2-4-13(10-14)11-20)19-16-15-6-9-21-17(15)18(16)7-3-8-18/h2,4-5,10,12,15-17,19-20H,3,6-9,11H2,1H3/t12-,15-,16+,17-/m0/s1. The molecule has 1 aromatic carbocycles. The number of aliphatic hydroxyl groups is 1. The predicted molar refractivity (Wildman–Crippen MR) is 81.8 cm³/mol. The summed E-state index contributed by atoms with van der Waals surface area (Å²) in [6, 6.07) is 9.25. The van der Waals surface area contributed by atoms with E-state index in [0.29, 0.717) is 29.5 Å². The lowest BCUT2D eigenvalue weighted by Crippen LogP contribution is -2.71. The van der Waals surface area contributed by atoms with E-state index in [0.717, 1.165) is 12.2 Å². The van der Waals surface area contributed by atoms with E-state index in [1.807, 2.05) is 12.1 Å². The quantitative estimate of drug-likeness (QED) is 0.895. The van der Waals surface area contributed by atoms with E-state index in [4.69, 9.17) is 4.74 Å². The third-order valence-electron chi connectivity index (χ3n) is 6.10. The highest BCUT2D eigenvalue weighted by Crippen LogP contribution is 2.63. The van der Waals surface area contributed by atoms with Crippen LogP contribution in [0.2, 0.25) is 0 Å². The zero-order valence-corrected chi connectivity index (χ0v) is 12.7. The summed E-state index contributed by atoms with van der Waals surface area (Å²) in [5.41, 5.74) is 2.71. The molecule has 3 heteroatoms. The summed E-state index contributed by atoms with van der Waals surface area (Å²) >= 11 is 0. The van der Waals surface area contributed by atoms with Crippen molar-refractivity contribution in [2.75, 3.05) is 6.61 Å². The summed E-state index contributed by atoms with van der Waals surface area (Å²) in [4.78, 5) is 0.